The van der Waals surface area contributed by atoms with E-state index in [1.54, 1.807) is 0 Å². The van der Waals surface area contributed by atoms with Gasteiger partial charge in [-0.2, -0.15) is 11.8 Å². The lowest BCUT2D eigenvalue weighted by atomic mass is 10.0. The van der Waals surface area contributed by atoms with Crippen molar-refractivity contribution in [1.82, 2.24) is 15.5 Å². The molecule has 0 saturated carbocycles. The zero-order chi connectivity index (χ0) is 15.8. The summed E-state index contributed by atoms with van der Waals surface area (Å²) in [7, 11) is 1.87. The van der Waals surface area contributed by atoms with Crippen molar-refractivity contribution in [3.63, 3.8) is 0 Å². The van der Waals surface area contributed by atoms with E-state index in [-0.39, 0.29) is 0 Å². The first-order valence-electron chi connectivity index (χ1n) is 8.92. The van der Waals surface area contributed by atoms with Crippen LogP contribution in [0.25, 0.3) is 0 Å². The van der Waals surface area contributed by atoms with Gasteiger partial charge >= 0.3 is 0 Å². The maximum absolute atomic E-state index is 4.35. The Morgan fingerprint density at radius 1 is 1.36 bits per heavy atom. The molecule has 2 unspecified atom stereocenters. The van der Waals surface area contributed by atoms with E-state index in [1.807, 2.05) is 7.05 Å². The monoisotopic (exact) mass is 326 g/mol. The van der Waals surface area contributed by atoms with Crippen LogP contribution in [0.4, 0.5) is 0 Å². The third-order valence-corrected chi connectivity index (χ3v) is 6.38. The summed E-state index contributed by atoms with van der Waals surface area (Å²) in [6, 6.07) is 0. The molecule has 0 aromatic rings. The van der Waals surface area contributed by atoms with E-state index in [0.29, 0.717) is 4.75 Å². The van der Waals surface area contributed by atoms with Crippen molar-refractivity contribution < 1.29 is 0 Å². The fraction of sp³-hybridized carbons (Fsp3) is 0.941. The van der Waals surface area contributed by atoms with Crippen LogP contribution in [0.2, 0.25) is 0 Å². The Labute approximate surface area is 140 Å². The van der Waals surface area contributed by atoms with Gasteiger partial charge in [-0.3, -0.25) is 4.99 Å². The molecule has 2 rings (SSSR count). The van der Waals surface area contributed by atoms with Gasteiger partial charge in [-0.05, 0) is 63.8 Å². The van der Waals surface area contributed by atoms with E-state index < -0.39 is 0 Å². The quantitative estimate of drug-likeness (QED) is 0.447. The number of hydrogen-bond donors (Lipinski definition) is 2. The molecule has 2 atom stereocenters. The van der Waals surface area contributed by atoms with E-state index in [2.05, 4.69) is 46.1 Å². The highest BCUT2D eigenvalue weighted by Gasteiger charge is 2.29. The Morgan fingerprint density at radius 3 is 2.91 bits per heavy atom. The van der Waals surface area contributed by atoms with Crippen LogP contribution in [0.15, 0.2) is 4.99 Å². The summed E-state index contributed by atoms with van der Waals surface area (Å²) in [5.74, 6) is 3.14. The summed E-state index contributed by atoms with van der Waals surface area (Å²) in [5.41, 5.74) is 0. The number of aliphatic imine (C=N–C) groups is 1. The predicted octanol–water partition coefficient (Wildman–Crippen LogP) is 2.56. The van der Waals surface area contributed by atoms with Crippen LogP contribution in [0.3, 0.4) is 0 Å². The molecule has 0 radical (unpaired) electrons. The van der Waals surface area contributed by atoms with Gasteiger partial charge in [0, 0.05) is 31.4 Å². The van der Waals surface area contributed by atoms with Gasteiger partial charge in [0.1, 0.15) is 0 Å². The number of thioether (sulfide) groups is 1. The average Bonchev–Trinajstić information content (AvgIpc) is 2.94. The van der Waals surface area contributed by atoms with Gasteiger partial charge in [-0.1, -0.05) is 6.92 Å². The first-order chi connectivity index (χ1) is 10.6. The van der Waals surface area contributed by atoms with E-state index in [4.69, 9.17) is 0 Å². The Bertz CT molecular complexity index is 353. The number of hydrogen-bond acceptors (Lipinski definition) is 3. The highest BCUT2D eigenvalue weighted by Crippen LogP contribution is 2.36. The Kier molecular flexibility index (Phi) is 7.35. The molecule has 2 saturated heterocycles. The molecular formula is C17H34N4S. The minimum absolute atomic E-state index is 0.390. The lowest BCUT2D eigenvalue weighted by molar-refractivity contribution is 0.182. The second-order valence-corrected chi connectivity index (χ2v) is 8.84. The second kappa shape index (κ2) is 9.02. The normalized spacial score (nSPS) is 30.5. The van der Waals surface area contributed by atoms with Gasteiger partial charge in [-0.15, -0.1) is 0 Å². The third kappa shape index (κ3) is 5.99. The van der Waals surface area contributed by atoms with Crippen molar-refractivity contribution in [3.8, 4) is 0 Å². The van der Waals surface area contributed by atoms with Gasteiger partial charge in [0.25, 0.3) is 0 Å². The molecule has 2 N–H and O–H groups in total. The molecule has 2 aliphatic rings. The Morgan fingerprint density at radius 2 is 2.23 bits per heavy atom. The maximum Gasteiger partial charge on any atom is 0.191 e. The number of piperidine rings is 1. The standard InChI is InChI=1S/C17H34N4S/c1-15-7-4-10-21(13-15)11-6-9-19-16(18-3)20-14-17(2)8-5-12-22-17/h15H,4-14H2,1-3H3,(H2,18,19,20). The van der Waals surface area contributed by atoms with E-state index >= 15 is 0 Å². The Balaban J connectivity index is 1.58. The van der Waals surface area contributed by atoms with E-state index in [9.17, 15) is 0 Å². The zero-order valence-corrected chi connectivity index (χ0v) is 15.5. The van der Waals surface area contributed by atoms with Crippen molar-refractivity contribution in [2.24, 2.45) is 10.9 Å². The molecule has 5 heteroatoms. The van der Waals surface area contributed by atoms with Crippen molar-refractivity contribution in [2.75, 3.05) is 45.5 Å². The molecule has 2 fully saturated rings. The van der Waals surface area contributed by atoms with Gasteiger partial charge in [0.15, 0.2) is 5.96 Å². The molecule has 22 heavy (non-hydrogen) atoms. The summed E-state index contributed by atoms with van der Waals surface area (Å²) >= 11 is 2.09. The smallest absolute Gasteiger partial charge is 0.191 e. The molecule has 128 valence electrons. The van der Waals surface area contributed by atoms with Crippen LogP contribution in [0.5, 0.6) is 0 Å². The van der Waals surface area contributed by atoms with Gasteiger partial charge in [0.05, 0.1) is 0 Å². The van der Waals surface area contributed by atoms with Gasteiger partial charge in [-0.25, -0.2) is 0 Å². The third-order valence-electron chi connectivity index (χ3n) is 4.84. The molecule has 2 aliphatic heterocycles. The van der Waals surface area contributed by atoms with E-state index in [0.717, 1.165) is 25.0 Å². The Hall–Kier alpha value is -0.420. The number of likely N-dealkylation sites (tertiary alicyclic amines) is 1. The van der Waals surface area contributed by atoms with E-state index in [1.165, 1.54) is 57.5 Å². The minimum Gasteiger partial charge on any atom is -0.356 e. The average molecular weight is 327 g/mol. The topological polar surface area (TPSA) is 39.7 Å². The molecule has 4 nitrogen and oxygen atoms in total. The van der Waals surface area contributed by atoms with Crippen molar-refractivity contribution in [1.29, 1.82) is 0 Å². The van der Waals surface area contributed by atoms with Crippen LogP contribution < -0.4 is 10.6 Å². The molecule has 0 aliphatic carbocycles. The van der Waals surface area contributed by atoms with Gasteiger partial charge in [0.2, 0.25) is 0 Å². The largest absolute Gasteiger partial charge is 0.356 e. The summed E-state index contributed by atoms with van der Waals surface area (Å²) in [6.07, 6.45) is 6.63. The van der Waals surface area contributed by atoms with Crippen molar-refractivity contribution in [2.45, 2.75) is 50.7 Å². The second-order valence-electron chi connectivity index (χ2n) is 7.16. The van der Waals surface area contributed by atoms with Crippen LogP contribution in [0.1, 0.15) is 46.0 Å². The zero-order valence-electron chi connectivity index (χ0n) is 14.7. The molecule has 0 amide bonds. The predicted molar refractivity (Wildman–Crippen MR) is 98.9 cm³/mol. The van der Waals surface area contributed by atoms with Crippen LogP contribution >= 0.6 is 11.8 Å². The number of nitrogens with one attached hydrogen (secondary N) is 2. The molecule has 0 bridgehead atoms. The van der Waals surface area contributed by atoms with Crippen LogP contribution in [-0.4, -0.2) is 61.1 Å². The van der Waals surface area contributed by atoms with Crippen molar-refractivity contribution in [3.05, 3.63) is 0 Å². The SMILES string of the molecule is CN=C(NCCCN1CCCC(C)C1)NCC1(C)CCCS1. The lowest BCUT2D eigenvalue weighted by Crippen LogP contribution is -2.44. The minimum atomic E-state index is 0.390. The summed E-state index contributed by atoms with van der Waals surface area (Å²) in [5, 5.41) is 6.97. The van der Waals surface area contributed by atoms with Gasteiger partial charge < -0.3 is 15.5 Å². The number of guanidine groups is 1. The molecule has 2 heterocycles. The van der Waals surface area contributed by atoms with Crippen molar-refractivity contribution >= 4 is 17.7 Å². The maximum atomic E-state index is 4.35. The number of rotatable bonds is 6. The molecular weight excluding hydrogens is 292 g/mol. The summed E-state index contributed by atoms with van der Waals surface area (Å²) in [6.45, 7) is 10.5. The fourth-order valence-corrected chi connectivity index (χ4v) is 4.71. The first kappa shape index (κ1) is 17.9. The lowest BCUT2D eigenvalue weighted by Gasteiger charge is -2.30. The first-order valence-corrected chi connectivity index (χ1v) is 9.91. The summed E-state index contributed by atoms with van der Waals surface area (Å²) < 4.78 is 0.390. The number of nitrogens with zero attached hydrogens (tertiary/aromatic N) is 2. The highest BCUT2D eigenvalue weighted by molar-refractivity contribution is 8.00. The van der Waals surface area contributed by atoms with Crippen LogP contribution in [-0.2, 0) is 0 Å². The molecule has 0 aromatic heterocycles. The molecule has 0 spiro atoms. The fourth-order valence-electron chi connectivity index (χ4n) is 3.47. The highest BCUT2D eigenvalue weighted by atomic mass is 32.2. The molecule has 0 aromatic carbocycles. The summed E-state index contributed by atoms with van der Waals surface area (Å²) in [4.78, 5) is 6.96. The van der Waals surface area contributed by atoms with Crippen LogP contribution in [0, 0.1) is 5.92 Å².